The van der Waals surface area contributed by atoms with Gasteiger partial charge >= 0.3 is 0 Å². The van der Waals surface area contributed by atoms with E-state index in [2.05, 4.69) is 10.6 Å². The van der Waals surface area contributed by atoms with Gasteiger partial charge in [0.15, 0.2) is 5.11 Å². The summed E-state index contributed by atoms with van der Waals surface area (Å²) in [5, 5.41) is 6.84. The highest BCUT2D eigenvalue weighted by atomic mass is 32.2. The van der Waals surface area contributed by atoms with Crippen LogP contribution in [0.2, 0.25) is 0 Å². The van der Waals surface area contributed by atoms with Crippen molar-refractivity contribution >= 4 is 28.1 Å². The minimum absolute atomic E-state index is 0.131. The first-order valence-electron chi connectivity index (χ1n) is 4.30. The van der Waals surface area contributed by atoms with E-state index < -0.39 is 10.8 Å². The number of nitrogens with one attached hydrogen (secondary N) is 2. The molecule has 0 amide bonds. The lowest BCUT2D eigenvalue weighted by atomic mass is 10.4. The van der Waals surface area contributed by atoms with Crippen molar-refractivity contribution in [1.29, 1.82) is 0 Å². The van der Waals surface area contributed by atoms with Gasteiger partial charge in [-0.05, 0) is 33.0 Å². The second-order valence-corrected chi connectivity index (χ2v) is 5.53. The summed E-state index contributed by atoms with van der Waals surface area (Å²) in [5.41, 5.74) is 0. The van der Waals surface area contributed by atoms with E-state index in [0.29, 0.717) is 17.7 Å². The van der Waals surface area contributed by atoms with E-state index in [0.717, 1.165) is 0 Å². The molecule has 0 saturated heterocycles. The zero-order valence-corrected chi connectivity index (χ0v) is 10.2. The van der Waals surface area contributed by atoms with Gasteiger partial charge in [-0.2, -0.15) is 0 Å². The lowest BCUT2D eigenvalue weighted by Gasteiger charge is -2.15. The van der Waals surface area contributed by atoms with E-state index in [1.807, 2.05) is 20.8 Å². The molecule has 5 heteroatoms. The summed E-state index contributed by atoms with van der Waals surface area (Å²) in [6.45, 7) is 6.63. The molecule has 0 aliphatic rings. The fraction of sp³-hybridized carbons (Fsp3) is 0.875. The van der Waals surface area contributed by atoms with Crippen LogP contribution in [0.25, 0.3) is 0 Å². The van der Waals surface area contributed by atoms with Crippen LogP contribution in [0.3, 0.4) is 0 Å². The molecule has 2 atom stereocenters. The quantitative estimate of drug-likeness (QED) is 0.685. The highest BCUT2D eigenvalue weighted by Gasteiger charge is 2.06. The van der Waals surface area contributed by atoms with Crippen LogP contribution in [0.1, 0.15) is 20.8 Å². The van der Waals surface area contributed by atoms with E-state index in [1.165, 1.54) is 0 Å². The first kappa shape index (κ1) is 12.8. The number of hydrogen-bond donors (Lipinski definition) is 2. The fourth-order valence-electron chi connectivity index (χ4n) is 0.667. The molecule has 3 nitrogen and oxygen atoms in total. The van der Waals surface area contributed by atoms with Gasteiger partial charge in [0.2, 0.25) is 0 Å². The summed E-state index contributed by atoms with van der Waals surface area (Å²) >= 11 is 5.01. The maximum Gasteiger partial charge on any atom is 0.166 e. The maximum absolute atomic E-state index is 11.0. The third-order valence-electron chi connectivity index (χ3n) is 1.54. The van der Waals surface area contributed by atoms with E-state index >= 15 is 0 Å². The molecule has 0 rings (SSSR count). The largest absolute Gasteiger partial charge is 0.362 e. The number of thiocarbonyl (C=S) groups is 1. The summed E-state index contributed by atoms with van der Waals surface area (Å²) in [6.07, 6.45) is 1.70. The van der Waals surface area contributed by atoms with Crippen molar-refractivity contribution in [1.82, 2.24) is 10.6 Å². The van der Waals surface area contributed by atoms with Gasteiger partial charge in [0.1, 0.15) is 0 Å². The Morgan fingerprint density at radius 2 is 2.00 bits per heavy atom. The maximum atomic E-state index is 11.0. The van der Waals surface area contributed by atoms with Crippen LogP contribution >= 0.6 is 12.2 Å². The summed E-state index contributed by atoms with van der Waals surface area (Å²) < 4.78 is 11.0. The average Bonchev–Trinajstić information content (AvgIpc) is 1.98. The Hall–Kier alpha value is -0.160. The molecule has 0 fully saturated rings. The van der Waals surface area contributed by atoms with E-state index in [9.17, 15) is 4.21 Å². The zero-order valence-electron chi connectivity index (χ0n) is 8.59. The lowest BCUT2D eigenvalue weighted by molar-refractivity contribution is 0.670. The Morgan fingerprint density at radius 3 is 2.38 bits per heavy atom. The van der Waals surface area contributed by atoms with Crippen LogP contribution in [-0.4, -0.2) is 33.4 Å². The molecule has 0 aromatic carbocycles. The van der Waals surface area contributed by atoms with Gasteiger partial charge in [0.05, 0.1) is 0 Å². The summed E-state index contributed by atoms with van der Waals surface area (Å²) in [6, 6.07) is 0.336. The van der Waals surface area contributed by atoms with Gasteiger partial charge in [0.25, 0.3) is 0 Å². The molecule has 0 radical (unpaired) electrons. The summed E-state index contributed by atoms with van der Waals surface area (Å²) in [7, 11) is -0.789. The Bertz CT molecular complexity index is 195. The molecule has 2 N–H and O–H groups in total. The molecule has 0 aliphatic heterocycles. The molecular weight excluding hydrogens is 204 g/mol. The van der Waals surface area contributed by atoms with Gasteiger partial charge in [0, 0.05) is 34.9 Å². The number of hydrogen-bond acceptors (Lipinski definition) is 2. The standard InChI is InChI=1S/C8H18N2OS2/c1-6(2)10-8(12)9-5-7(3)13(4)11/h6-7H,5H2,1-4H3,(H2,9,10,12). The SMILES string of the molecule is CC(C)NC(=S)NCC(C)S(C)=O. The van der Waals surface area contributed by atoms with Crippen LogP contribution in [-0.2, 0) is 10.8 Å². The second-order valence-electron chi connectivity index (χ2n) is 3.32. The molecule has 0 aromatic heterocycles. The first-order valence-corrected chi connectivity index (χ1v) is 6.33. The molecule has 0 spiro atoms. The highest BCUT2D eigenvalue weighted by Crippen LogP contribution is 1.89. The third kappa shape index (κ3) is 6.95. The Morgan fingerprint density at radius 1 is 1.46 bits per heavy atom. The van der Waals surface area contributed by atoms with Crippen molar-refractivity contribution in [2.24, 2.45) is 0 Å². The van der Waals surface area contributed by atoms with Gasteiger partial charge in [-0.25, -0.2) is 0 Å². The molecule has 13 heavy (non-hydrogen) atoms. The van der Waals surface area contributed by atoms with E-state index in [4.69, 9.17) is 12.2 Å². The van der Waals surface area contributed by atoms with Crippen molar-refractivity contribution in [3.63, 3.8) is 0 Å². The molecule has 0 aromatic rings. The highest BCUT2D eigenvalue weighted by molar-refractivity contribution is 7.84. The predicted molar refractivity (Wildman–Crippen MR) is 62.4 cm³/mol. The molecule has 78 valence electrons. The Kier molecular flexibility index (Phi) is 6.24. The van der Waals surface area contributed by atoms with Crippen LogP contribution in [0.15, 0.2) is 0 Å². The molecule has 0 aliphatic carbocycles. The van der Waals surface area contributed by atoms with Gasteiger partial charge in [-0.3, -0.25) is 4.21 Å². The van der Waals surface area contributed by atoms with Crippen molar-refractivity contribution in [2.45, 2.75) is 32.1 Å². The molecule has 2 unspecified atom stereocenters. The second kappa shape index (κ2) is 6.32. The zero-order chi connectivity index (χ0) is 10.4. The molecule has 0 heterocycles. The Labute approximate surface area is 88.1 Å². The molecular formula is C8H18N2OS2. The fourth-order valence-corrected chi connectivity index (χ4v) is 1.30. The van der Waals surface area contributed by atoms with Crippen LogP contribution < -0.4 is 10.6 Å². The lowest BCUT2D eigenvalue weighted by Crippen LogP contribution is -2.42. The summed E-state index contributed by atoms with van der Waals surface area (Å²) in [5.74, 6) is 0. The van der Waals surface area contributed by atoms with Gasteiger partial charge in [-0.15, -0.1) is 0 Å². The summed E-state index contributed by atoms with van der Waals surface area (Å²) in [4.78, 5) is 0. The number of rotatable bonds is 4. The minimum Gasteiger partial charge on any atom is -0.362 e. The third-order valence-corrected chi connectivity index (χ3v) is 3.10. The van der Waals surface area contributed by atoms with Gasteiger partial charge < -0.3 is 10.6 Å². The minimum atomic E-state index is -0.789. The average molecular weight is 222 g/mol. The molecule has 0 bridgehead atoms. The monoisotopic (exact) mass is 222 g/mol. The van der Waals surface area contributed by atoms with E-state index in [-0.39, 0.29) is 5.25 Å². The van der Waals surface area contributed by atoms with Crippen LogP contribution in [0.5, 0.6) is 0 Å². The first-order chi connectivity index (χ1) is 5.93. The predicted octanol–water partition coefficient (Wildman–Crippen LogP) is 0.626. The van der Waals surface area contributed by atoms with Gasteiger partial charge in [-0.1, -0.05) is 0 Å². The Balaban J connectivity index is 3.64. The van der Waals surface area contributed by atoms with Crippen LogP contribution in [0.4, 0.5) is 0 Å². The smallest absolute Gasteiger partial charge is 0.166 e. The van der Waals surface area contributed by atoms with Crippen molar-refractivity contribution < 1.29 is 4.21 Å². The topological polar surface area (TPSA) is 41.1 Å². The normalized spacial score (nSPS) is 15.2. The molecule has 0 saturated carbocycles. The van der Waals surface area contributed by atoms with Crippen molar-refractivity contribution in [3.05, 3.63) is 0 Å². The van der Waals surface area contributed by atoms with Crippen molar-refractivity contribution in [2.75, 3.05) is 12.8 Å². The van der Waals surface area contributed by atoms with Crippen molar-refractivity contribution in [3.8, 4) is 0 Å². The van der Waals surface area contributed by atoms with E-state index in [1.54, 1.807) is 6.26 Å². The van der Waals surface area contributed by atoms with Crippen LogP contribution in [0, 0.1) is 0 Å².